The van der Waals surface area contributed by atoms with Crippen molar-refractivity contribution in [3.8, 4) is 0 Å². The maximum atomic E-state index is 12.3. The Labute approximate surface area is 188 Å². The molecule has 1 fully saturated rings. The summed E-state index contributed by atoms with van der Waals surface area (Å²) in [5, 5.41) is 8.22. The van der Waals surface area contributed by atoms with Gasteiger partial charge in [-0.15, -0.1) is 0 Å². The summed E-state index contributed by atoms with van der Waals surface area (Å²) < 4.78 is 0. The van der Waals surface area contributed by atoms with E-state index in [1.165, 1.54) is 0 Å². The summed E-state index contributed by atoms with van der Waals surface area (Å²) >= 11 is 5.98. The summed E-state index contributed by atoms with van der Waals surface area (Å²) in [6.07, 6.45) is 4.18. The predicted molar refractivity (Wildman–Crippen MR) is 127 cm³/mol. The fraction of sp³-hybridized carbons (Fsp3) is 0.375. The van der Waals surface area contributed by atoms with Crippen molar-refractivity contribution >= 4 is 40.2 Å². The number of benzene rings is 2. The van der Waals surface area contributed by atoms with Gasteiger partial charge in [-0.2, -0.15) is 4.98 Å². The molecule has 31 heavy (non-hydrogen) atoms. The number of amides is 1. The summed E-state index contributed by atoms with van der Waals surface area (Å²) in [5.41, 5.74) is 1.55. The van der Waals surface area contributed by atoms with Crippen LogP contribution >= 0.6 is 11.6 Å². The number of hydrogen-bond donors (Lipinski definition) is 2. The number of nitrogens with one attached hydrogen (secondary N) is 2. The fourth-order valence-corrected chi connectivity index (χ4v) is 4.32. The third kappa shape index (κ3) is 5.25. The van der Waals surface area contributed by atoms with E-state index in [0.717, 1.165) is 42.4 Å². The molecular weight excluding hydrogens is 410 g/mol. The molecule has 1 heterocycles. The first-order valence-electron chi connectivity index (χ1n) is 10.7. The highest BCUT2D eigenvalue weighted by molar-refractivity contribution is 6.30. The van der Waals surface area contributed by atoms with Gasteiger partial charge in [0.2, 0.25) is 5.95 Å². The van der Waals surface area contributed by atoms with Gasteiger partial charge < -0.3 is 15.5 Å². The molecule has 2 N–H and O–H groups in total. The maximum absolute atomic E-state index is 12.3. The molecule has 0 radical (unpaired) electrons. The highest BCUT2D eigenvalue weighted by atomic mass is 35.5. The van der Waals surface area contributed by atoms with Crippen molar-refractivity contribution in [1.82, 2.24) is 15.3 Å². The molecule has 3 aromatic rings. The standard InChI is InChI=1S/C24H28ClN5O/c1-30(2)22-20-8-3-4-9-21(20)28-24(29-22)27-19-12-10-16(11-13-19)15-26-23(31)17-6-5-7-18(25)14-17/h3-9,14,16,19H,10-13,15H2,1-2H3,(H,26,31)(H,27,28,29). The Morgan fingerprint density at radius 1 is 1.06 bits per heavy atom. The zero-order chi connectivity index (χ0) is 21.8. The van der Waals surface area contributed by atoms with Gasteiger partial charge in [0, 0.05) is 42.7 Å². The summed E-state index contributed by atoms with van der Waals surface area (Å²) in [4.78, 5) is 23.8. The van der Waals surface area contributed by atoms with Crippen LogP contribution in [0.2, 0.25) is 5.02 Å². The molecule has 0 aliphatic heterocycles. The second-order valence-electron chi connectivity index (χ2n) is 8.36. The Balaban J connectivity index is 1.32. The molecule has 0 saturated heterocycles. The van der Waals surface area contributed by atoms with Crippen LogP contribution in [0.15, 0.2) is 48.5 Å². The van der Waals surface area contributed by atoms with Crippen molar-refractivity contribution in [3.05, 3.63) is 59.1 Å². The average molecular weight is 438 g/mol. The zero-order valence-electron chi connectivity index (χ0n) is 17.9. The molecule has 1 aliphatic rings. The minimum Gasteiger partial charge on any atom is -0.362 e. The Kier molecular flexibility index (Phi) is 6.56. The minimum atomic E-state index is -0.0662. The lowest BCUT2D eigenvalue weighted by molar-refractivity contribution is 0.0943. The fourth-order valence-electron chi connectivity index (χ4n) is 4.13. The molecule has 0 atom stereocenters. The van der Waals surface area contributed by atoms with Crippen LogP contribution in [0.25, 0.3) is 10.9 Å². The Hall–Kier alpha value is -2.86. The van der Waals surface area contributed by atoms with Crippen molar-refractivity contribution in [1.29, 1.82) is 0 Å². The van der Waals surface area contributed by atoms with Gasteiger partial charge in [-0.3, -0.25) is 4.79 Å². The van der Waals surface area contributed by atoms with E-state index in [-0.39, 0.29) is 5.91 Å². The van der Waals surface area contributed by atoms with Gasteiger partial charge in [0.25, 0.3) is 5.91 Å². The highest BCUT2D eigenvalue weighted by Gasteiger charge is 2.23. The Morgan fingerprint density at radius 2 is 1.84 bits per heavy atom. The number of carbonyl (C=O) groups is 1. The molecule has 6 nitrogen and oxygen atoms in total. The number of fused-ring (bicyclic) bond motifs is 1. The second-order valence-corrected chi connectivity index (χ2v) is 8.80. The van der Waals surface area contributed by atoms with Crippen LogP contribution in [-0.2, 0) is 0 Å². The lowest BCUT2D eigenvalue weighted by atomic mass is 9.86. The van der Waals surface area contributed by atoms with Gasteiger partial charge >= 0.3 is 0 Å². The number of halogens is 1. The molecule has 1 amide bonds. The van der Waals surface area contributed by atoms with Crippen molar-refractivity contribution in [2.24, 2.45) is 5.92 Å². The first-order chi connectivity index (χ1) is 15.0. The van der Waals surface area contributed by atoms with Crippen LogP contribution < -0.4 is 15.5 Å². The van der Waals surface area contributed by atoms with E-state index in [0.29, 0.717) is 35.0 Å². The molecule has 1 saturated carbocycles. The van der Waals surface area contributed by atoms with Crippen LogP contribution in [0.4, 0.5) is 11.8 Å². The molecule has 4 rings (SSSR count). The topological polar surface area (TPSA) is 70.2 Å². The molecular formula is C24H28ClN5O. The summed E-state index contributed by atoms with van der Waals surface area (Å²) in [6, 6.07) is 15.5. The summed E-state index contributed by atoms with van der Waals surface area (Å²) in [5.74, 6) is 2.02. The molecule has 1 aliphatic carbocycles. The number of rotatable bonds is 6. The van der Waals surface area contributed by atoms with Gasteiger partial charge in [0.1, 0.15) is 5.82 Å². The normalized spacial score (nSPS) is 18.5. The average Bonchev–Trinajstić information content (AvgIpc) is 2.77. The van der Waals surface area contributed by atoms with Crippen molar-refractivity contribution in [3.63, 3.8) is 0 Å². The molecule has 0 spiro atoms. The molecule has 162 valence electrons. The van der Waals surface area contributed by atoms with E-state index in [1.807, 2.05) is 37.2 Å². The van der Waals surface area contributed by atoms with Crippen molar-refractivity contribution in [2.45, 2.75) is 31.7 Å². The third-order valence-electron chi connectivity index (χ3n) is 5.82. The molecule has 2 aromatic carbocycles. The van der Waals surface area contributed by atoms with Crippen LogP contribution in [0, 0.1) is 5.92 Å². The lowest BCUT2D eigenvalue weighted by Gasteiger charge is -2.29. The maximum Gasteiger partial charge on any atom is 0.251 e. The van der Waals surface area contributed by atoms with E-state index in [2.05, 4.69) is 16.7 Å². The first-order valence-corrected chi connectivity index (χ1v) is 11.1. The largest absolute Gasteiger partial charge is 0.362 e. The van der Waals surface area contributed by atoms with Crippen LogP contribution in [0.5, 0.6) is 0 Å². The molecule has 1 aromatic heterocycles. The van der Waals surface area contributed by atoms with Crippen molar-refractivity contribution < 1.29 is 4.79 Å². The van der Waals surface area contributed by atoms with E-state index >= 15 is 0 Å². The first kappa shape index (κ1) is 21.4. The number of anilines is 2. The Bertz CT molecular complexity index is 1060. The quantitative estimate of drug-likeness (QED) is 0.582. The number of nitrogens with zero attached hydrogens (tertiary/aromatic N) is 3. The smallest absolute Gasteiger partial charge is 0.251 e. The number of hydrogen-bond acceptors (Lipinski definition) is 5. The zero-order valence-corrected chi connectivity index (χ0v) is 18.7. The number of aromatic nitrogens is 2. The van der Waals surface area contributed by atoms with Gasteiger partial charge in [-0.05, 0) is 61.9 Å². The van der Waals surface area contributed by atoms with E-state index in [1.54, 1.807) is 24.3 Å². The van der Waals surface area contributed by atoms with E-state index < -0.39 is 0 Å². The minimum absolute atomic E-state index is 0.0662. The van der Waals surface area contributed by atoms with Gasteiger partial charge in [0.15, 0.2) is 0 Å². The van der Waals surface area contributed by atoms with Crippen molar-refractivity contribution in [2.75, 3.05) is 30.9 Å². The van der Waals surface area contributed by atoms with Gasteiger partial charge in [-0.1, -0.05) is 29.8 Å². The lowest BCUT2D eigenvalue weighted by Crippen LogP contribution is -2.34. The monoisotopic (exact) mass is 437 g/mol. The van der Waals surface area contributed by atoms with Crippen LogP contribution in [0.1, 0.15) is 36.0 Å². The molecule has 0 unspecified atom stereocenters. The number of carbonyl (C=O) groups excluding carboxylic acids is 1. The second kappa shape index (κ2) is 9.52. The molecule has 0 bridgehead atoms. The van der Waals surface area contributed by atoms with Gasteiger partial charge in [-0.25, -0.2) is 4.98 Å². The van der Waals surface area contributed by atoms with E-state index in [9.17, 15) is 4.79 Å². The SMILES string of the molecule is CN(C)c1nc(NC2CCC(CNC(=O)c3cccc(Cl)c3)CC2)nc2ccccc12. The molecule has 7 heteroatoms. The summed E-state index contributed by atoms with van der Waals surface area (Å²) in [7, 11) is 4.00. The van der Waals surface area contributed by atoms with Crippen LogP contribution in [-0.4, -0.2) is 42.6 Å². The van der Waals surface area contributed by atoms with E-state index in [4.69, 9.17) is 21.6 Å². The Morgan fingerprint density at radius 3 is 2.58 bits per heavy atom. The number of para-hydroxylation sites is 1. The van der Waals surface area contributed by atoms with Gasteiger partial charge in [0.05, 0.1) is 5.52 Å². The highest BCUT2D eigenvalue weighted by Crippen LogP contribution is 2.28. The third-order valence-corrected chi connectivity index (χ3v) is 6.06. The van der Waals surface area contributed by atoms with Crippen LogP contribution in [0.3, 0.4) is 0 Å². The predicted octanol–water partition coefficient (Wildman–Crippen LogP) is 4.75. The summed E-state index contributed by atoms with van der Waals surface area (Å²) in [6.45, 7) is 0.690.